The number of amides is 1. The highest BCUT2D eigenvalue weighted by Gasteiger charge is 2.22. The molecule has 0 radical (unpaired) electrons. The minimum Gasteiger partial charge on any atom is -0.326 e. The second kappa shape index (κ2) is 5.25. The summed E-state index contributed by atoms with van der Waals surface area (Å²) in [5, 5.41) is 6.17. The van der Waals surface area contributed by atoms with E-state index in [0.717, 1.165) is 25.7 Å². The van der Waals surface area contributed by atoms with Crippen molar-refractivity contribution in [1.82, 2.24) is 9.78 Å². The van der Waals surface area contributed by atoms with E-state index < -0.39 is 6.43 Å². The van der Waals surface area contributed by atoms with E-state index >= 15 is 0 Å². The van der Waals surface area contributed by atoms with Gasteiger partial charge in [0.2, 0.25) is 6.41 Å². The zero-order valence-electron chi connectivity index (χ0n) is 9.40. The summed E-state index contributed by atoms with van der Waals surface area (Å²) < 4.78 is 27.0. The summed E-state index contributed by atoms with van der Waals surface area (Å²) in [7, 11) is 0. The molecule has 2 rings (SSSR count). The summed E-state index contributed by atoms with van der Waals surface area (Å²) in [4.78, 5) is 10.3. The molecule has 94 valence electrons. The van der Waals surface area contributed by atoms with Gasteiger partial charge in [-0.25, -0.2) is 8.78 Å². The fraction of sp³-hybridized carbons (Fsp3) is 0.636. The van der Waals surface area contributed by atoms with E-state index in [1.807, 2.05) is 0 Å². The summed E-state index contributed by atoms with van der Waals surface area (Å²) in [6.07, 6.45) is 4.56. The van der Waals surface area contributed by atoms with E-state index in [0.29, 0.717) is 6.41 Å². The molecule has 1 aliphatic carbocycles. The van der Waals surface area contributed by atoms with Crippen molar-refractivity contribution in [3.63, 3.8) is 0 Å². The lowest BCUT2D eigenvalue weighted by Crippen LogP contribution is -2.13. The Morgan fingerprint density at radius 1 is 1.41 bits per heavy atom. The second-order valence-electron chi connectivity index (χ2n) is 4.26. The number of carbonyl (C=O) groups is 1. The van der Waals surface area contributed by atoms with Gasteiger partial charge in [0.1, 0.15) is 0 Å². The Kier molecular flexibility index (Phi) is 3.71. The predicted octanol–water partition coefficient (Wildman–Crippen LogP) is 2.89. The lowest BCUT2D eigenvalue weighted by Gasteiger charge is -2.21. The quantitative estimate of drug-likeness (QED) is 0.826. The van der Waals surface area contributed by atoms with Crippen molar-refractivity contribution in [2.24, 2.45) is 0 Å². The van der Waals surface area contributed by atoms with Crippen LogP contribution in [0.3, 0.4) is 0 Å². The fourth-order valence-electron chi connectivity index (χ4n) is 2.27. The van der Waals surface area contributed by atoms with E-state index in [2.05, 4.69) is 10.4 Å². The van der Waals surface area contributed by atoms with Crippen LogP contribution in [-0.2, 0) is 4.79 Å². The minimum absolute atomic E-state index is 0.112. The molecule has 1 saturated carbocycles. The van der Waals surface area contributed by atoms with E-state index in [1.54, 1.807) is 4.68 Å². The minimum atomic E-state index is -2.66. The van der Waals surface area contributed by atoms with Crippen molar-refractivity contribution in [1.29, 1.82) is 0 Å². The van der Waals surface area contributed by atoms with Gasteiger partial charge in [-0.15, -0.1) is 0 Å². The van der Waals surface area contributed by atoms with Crippen LogP contribution in [0.25, 0.3) is 0 Å². The average molecular weight is 243 g/mol. The normalized spacial score (nSPS) is 17.4. The van der Waals surface area contributed by atoms with E-state index in [4.69, 9.17) is 0 Å². The maximum Gasteiger partial charge on any atom is 0.284 e. The Balaban J connectivity index is 2.22. The summed E-state index contributed by atoms with van der Waals surface area (Å²) in [6, 6.07) is 0.184. The number of rotatable bonds is 4. The number of halogens is 2. The van der Waals surface area contributed by atoms with Gasteiger partial charge < -0.3 is 5.32 Å². The first-order valence-electron chi connectivity index (χ1n) is 5.79. The standard InChI is InChI=1S/C11H15F2N3O/c12-11(13)10-9(14-7-17)6-16(15-10)8-4-2-1-3-5-8/h6-8,11H,1-5H2,(H,14,17). The molecule has 0 bridgehead atoms. The molecule has 0 unspecified atom stereocenters. The van der Waals surface area contributed by atoms with Gasteiger partial charge in [-0.3, -0.25) is 9.48 Å². The van der Waals surface area contributed by atoms with Gasteiger partial charge in [0, 0.05) is 6.20 Å². The van der Waals surface area contributed by atoms with Crippen LogP contribution in [0.15, 0.2) is 6.20 Å². The molecule has 0 atom stereocenters. The second-order valence-corrected chi connectivity index (χ2v) is 4.26. The van der Waals surface area contributed by atoms with Crippen LogP contribution in [0, 0.1) is 0 Å². The monoisotopic (exact) mass is 243 g/mol. The molecule has 1 N–H and O–H groups in total. The highest BCUT2D eigenvalue weighted by Crippen LogP contribution is 2.31. The molecule has 6 heteroatoms. The van der Waals surface area contributed by atoms with Gasteiger partial charge >= 0.3 is 0 Å². The van der Waals surface area contributed by atoms with Crippen molar-refractivity contribution in [2.75, 3.05) is 5.32 Å². The Hall–Kier alpha value is -1.46. The number of hydrogen-bond donors (Lipinski definition) is 1. The number of hydrogen-bond acceptors (Lipinski definition) is 2. The lowest BCUT2D eigenvalue weighted by molar-refractivity contribution is -0.105. The predicted molar refractivity (Wildman–Crippen MR) is 59.0 cm³/mol. The first kappa shape index (κ1) is 12.0. The van der Waals surface area contributed by atoms with Crippen molar-refractivity contribution in [3.05, 3.63) is 11.9 Å². The van der Waals surface area contributed by atoms with E-state index in [-0.39, 0.29) is 17.4 Å². The van der Waals surface area contributed by atoms with Crippen molar-refractivity contribution in [2.45, 2.75) is 44.6 Å². The van der Waals surface area contributed by atoms with E-state index in [9.17, 15) is 13.6 Å². The lowest BCUT2D eigenvalue weighted by atomic mass is 9.96. The molecule has 0 aromatic carbocycles. The number of aromatic nitrogens is 2. The zero-order chi connectivity index (χ0) is 12.3. The molecular formula is C11H15F2N3O. The molecule has 0 spiro atoms. The number of anilines is 1. The van der Waals surface area contributed by atoms with Crippen LogP contribution in [0.4, 0.5) is 14.5 Å². The molecule has 0 aliphatic heterocycles. The molecule has 4 nitrogen and oxygen atoms in total. The third-order valence-corrected chi connectivity index (χ3v) is 3.13. The van der Waals surface area contributed by atoms with Crippen LogP contribution in [-0.4, -0.2) is 16.2 Å². The van der Waals surface area contributed by atoms with Crippen LogP contribution in [0.5, 0.6) is 0 Å². The molecule has 1 aliphatic rings. The van der Waals surface area contributed by atoms with Gasteiger partial charge in [0.25, 0.3) is 6.43 Å². The SMILES string of the molecule is O=CNc1cn(C2CCCCC2)nc1C(F)F. The molecule has 1 aromatic heterocycles. The van der Waals surface area contributed by atoms with Gasteiger partial charge in [-0.1, -0.05) is 19.3 Å². The number of nitrogens with one attached hydrogen (secondary N) is 1. The summed E-state index contributed by atoms with van der Waals surface area (Å²) in [5.74, 6) is 0. The smallest absolute Gasteiger partial charge is 0.284 e. The Morgan fingerprint density at radius 2 is 2.12 bits per heavy atom. The third kappa shape index (κ3) is 2.62. The third-order valence-electron chi connectivity index (χ3n) is 3.13. The first-order chi connectivity index (χ1) is 8.22. The van der Waals surface area contributed by atoms with Gasteiger partial charge in [0.15, 0.2) is 5.69 Å². The first-order valence-corrected chi connectivity index (χ1v) is 5.79. The average Bonchev–Trinajstić information content (AvgIpc) is 2.75. The molecule has 1 heterocycles. The zero-order valence-corrected chi connectivity index (χ0v) is 9.40. The van der Waals surface area contributed by atoms with Crippen LogP contribution < -0.4 is 5.32 Å². The van der Waals surface area contributed by atoms with Crippen LogP contribution in [0.2, 0.25) is 0 Å². The highest BCUT2D eigenvalue weighted by atomic mass is 19.3. The number of alkyl halides is 2. The number of nitrogens with zero attached hydrogens (tertiary/aromatic N) is 2. The van der Waals surface area contributed by atoms with Crippen molar-refractivity contribution >= 4 is 12.1 Å². The largest absolute Gasteiger partial charge is 0.326 e. The molecule has 0 saturated heterocycles. The molecule has 1 aromatic rings. The summed E-state index contributed by atoms with van der Waals surface area (Å²) in [6.45, 7) is 0. The Bertz CT molecular complexity index is 386. The van der Waals surface area contributed by atoms with Gasteiger partial charge in [-0.05, 0) is 12.8 Å². The maximum atomic E-state index is 12.7. The Labute approximate surface area is 98.0 Å². The van der Waals surface area contributed by atoms with Gasteiger partial charge in [-0.2, -0.15) is 5.10 Å². The fourth-order valence-corrected chi connectivity index (χ4v) is 2.27. The van der Waals surface area contributed by atoms with Gasteiger partial charge in [0.05, 0.1) is 11.7 Å². The van der Waals surface area contributed by atoms with Crippen LogP contribution >= 0.6 is 0 Å². The maximum absolute atomic E-state index is 12.7. The number of carbonyl (C=O) groups excluding carboxylic acids is 1. The van der Waals surface area contributed by atoms with Crippen LogP contribution in [0.1, 0.15) is 50.3 Å². The molecule has 17 heavy (non-hydrogen) atoms. The summed E-state index contributed by atoms with van der Waals surface area (Å²) >= 11 is 0. The van der Waals surface area contributed by atoms with Crippen molar-refractivity contribution < 1.29 is 13.6 Å². The molecule has 1 fully saturated rings. The topological polar surface area (TPSA) is 46.9 Å². The van der Waals surface area contributed by atoms with E-state index in [1.165, 1.54) is 12.6 Å². The summed E-state index contributed by atoms with van der Waals surface area (Å²) in [5.41, 5.74) is -0.233. The highest BCUT2D eigenvalue weighted by molar-refractivity contribution is 5.72. The molecular weight excluding hydrogens is 228 g/mol. The van der Waals surface area contributed by atoms with Crippen molar-refractivity contribution in [3.8, 4) is 0 Å². The molecule has 1 amide bonds. The Morgan fingerprint density at radius 3 is 2.71 bits per heavy atom.